The lowest BCUT2D eigenvalue weighted by molar-refractivity contribution is -0.255. The van der Waals surface area contributed by atoms with Gasteiger partial charge in [-0.25, -0.2) is 0 Å². The number of amides is 1. The molecule has 0 aliphatic rings. The number of benzene rings is 2. The normalized spacial score (nSPS) is 9.82. The Morgan fingerprint density at radius 3 is 2.32 bits per heavy atom. The van der Waals surface area contributed by atoms with E-state index in [0.717, 1.165) is 0 Å². The van der Waals surface area contributed by atoms with Crippen molar-refractivity contribution in [1.29, 1.82) is 0 Å². The first-order valence-corrected chi connectivity index (χ1v) is 6.57. The number of anilines is 1. The number of carboxylic acids is 1. The molecular weight excluding hydrogens is 282 g/mol. The molecule has 1 N–H and O–H groups in total. The Balaban J connectivity index is 2.12. The first-order chi connectivity index (χ1) is 10.6. The van der Waals surface area contributed by atoms with Crippen LogP contribution in [0.15, 0.2) is 61.2 Å². The van der Waals surface area contributed by atoms with E-state index in [2.05, 4.69) is 11.9 Å². The van der Waals surface area contributed by atoms with Crippen LogP contribution in [-0.2, 0) is 0 Å². The number of hydrogen-bond donors (Lipinski definition) is 1. The highest BCUT2D eigenvalue weighted by Gasteiger charge is 2.11. The van der Waals surface area contributed by atoms with Crippen LogP contribution in [0.5, 0.6) is 5.75 Å². The zero-order valence-corrected chi connectivity index (χ0v) is 11.7. The molecule has 0 saturated heterocycles. The highest BCUT2D eigenvalue weighted by Crippen LogP contribution is 2.17. The topological polar surface area (TPSA) is 78.5 Å². The molecule has 0 fully saturated rings. The molecule has 0 saturated carbocycles. The molecule has 112 valence electrons. The van der Waals surface area contributed by atoms with Crippen LogP contribution in [0.25, 0.3) is 0 Å². The van der Waals surface area contributed by atoms with Crippen molar-refractivity contribution in [2.75, 3.05) is 11.9 Å². The largest absolute Gasteiger partial charge is 0.545 e. The Morgan fingerprint density at radius 2 is 1.73 bits per heavy atom. The fourth-order valence-electron chi connectivity index (χ4n) is 1.85. The number of aromatic carboxylic acids is 1. The molecule has 2 rings (SSSR count). The molecule has 2 aromatic rings. The molecule has 0 unspecified atom stereocenters. The minimum atomic E-state index is -1.39. The van der Waals surface area contributed by atoms with Gasteiger partial charge < -0.3 is 20.0 Å². The number of carbonyl (C=O) groups is 2. The molecule has 22 heavy (non-hydrogen) atoms. The molecular formula is C17H14NO4-. The molecule has 0 heterocycles. The summed E-state index contributed by atoms with van der Waals surface area (Å²) in [6.45, 7) is 3.95. The quantitative estimate of drug-likeness (QED) is 0.825. The molecule has 5 nitrogen and oxygen atoms in total. The molecule has 0 atom stereocenters. The van der Waals surface area contributed by atoms with Gasteiger partial charge in [0.05, 0.1) is 5.97 Å². The zero-order valence-electron chi connectivity index (χ0n) is 11.7. The maximum Gasteiger partial charge on any atom is 0.256 e. The summed E-state index contributed by atoms with van der Waals surface area (Å²) in [5, 5.41) is 13.6. The Bertz CT molecular complexity index is 692. The molecule has 1 amide bonds. The van der Waals surface area contributed by atoms with E-state index >= 15 is 0 Å². The second-order valence-electron chi connectivity index (χ2n) is 4.41. The predicted octanol–water partition coefficient (Wildman–Crippen LogP) is 1.87. The second-order valence-corrected chi connectivity index (χ2v) is 4.41. The molecule has 0 aromatic heterocycles. The Labute approximate surface area is 127 Å². The maximum atomic E-state index is 12.1. The maximum absolute atomic E-state index is 12.1. The molecule has 0 aliphatic carbocycles. The van der Waals surface area contributed by atoms with Crippen LogP contribution in [-0.4, -0.2) is 18.5 Å². The molecule has 0 spiro atoms. The first kappa shape index (κ1) is 15.3. The fraction of sp³-hybridized carbons (Fsp3) is 0.0588. The summed E-state index contributed by atoms with van der Waals surface area (Å²) in [5.74, 6) is -1.26. The molecule has 2 aromatic carbocycles. The summed E-state index contributed by atoms with van der Waals surface area (Å²) < 4.78 is 5.33. The van der Waals surface area contributed by atoms with E-state index in [-0.39, 0.29) is 11.1 Å². The van der Waals surface area contributed by atoms with E-state index in [4.69, 9.17) is 4.74 Å². The van der Waals surface area contributed by atoms with Crippen LogP contribution in [0, 0.1) is 0 Å². The van der Waals surface area contributed by atoms with Crippen LogP contribution in [0.4, 0.5) is 5.69 Å². The van der Waals surface area contributed by atoms with Crippen LogP contribution in [0.3, 0.4) is 0 Å². The fourth-order valence-corrected chi connectivity index (χ4v) is 1.85. The van der Waals surface area contributed by atoms with Crippen molar-refractivity contribution in [1.82, 2.24) is 0 Å². The lowest BCUT2D eigenvalue weighted by Crippen LogP contribution is -2.26. The zero-order chi connectivity index (χ0) is 15.9. The lowest BCUT2D eigenvalue weighted by atomic mass is 10.1. The van der Waals surface area contributed by atoms with Gasteiger partial charge in [-0.3, -0.25) is 4.79 Å². The standard InChI is InChI=1S/C17H15NO4/c1-2-11-22-13-9-7-12(8-10-13)18-16(19)14-5-3-4-6-15(14)17(20)21/h2-10H,1,11H2,(H,18,19)(H,20,21)/p-1. The minimum absolute atomic E-state index is 0.0504. The first-order valence-electron chi connectivity index (χ1n) is 6.57. The van der Waals surface area contributed by atoms with Gasteiger partial charge in [0.2, 0.25) is 0 Å². The third kappa shape index (κ3) is 3.73. The Hall–Kier alpha value is -3.08. The van der Waals surface area contributed by atoms with Crippen molar-refractivity contribution in [2.24, 2.45) is 0 Å². The van der Waals surface area contributed by atoms with Gasteiger partial charge in [0.15, 0.2) is 0 Å². The Morgan fingerprint density at radius 1 is 1.09 bits per heavy atom. The van der Waals surface area contributed by atoms with Crippen molar-refractivity contribution in [3.63, 3.8) is 0 Å². The Kier molecular flexibility index (Phi) is 4.93. The predicted molar refractivity (Wildman–Crippen MR) is 80.9 cm³/mol. The van der Waals surface area contributed by atoms with E-state index < -0.39 is 11.9 Å². The number of rotatable bonds is 6. The van der Waals surface area contributed by atoms with Gasteiger partial charge in [-0.05, 0) is 30.3 Å². The summed E-state index contributed by atoms with van der Waals surface area (Å²) in [4.78, 5) is 23.2. The number of hydrogen-bond acceptors (Lipinski definition) is 4. The van der Waals surface area contributed by atoms with Gasteiger partial charge in [-0.2, -0.15) is 0 Å². The van der Waals surface area contributed by atoms with Crippen LogP contribution < -0.4 is 15.2 Å². The van der Waals surface area contributed by atoms with Gasteiger partial charge in [-0.1, -0.05) is 30.9 Å². The van der Waals surface area contributed by atoms with Crippen molar-refractivity contribution in [3.05, 3.63) is 72.3 Å². The van der Waals surface area contributed by atoms with Crippen molar-refractivity contribution >= 4 is 17.6 Å². The van der Waals surface area contributed by atoms with Crippen LogP contribution in [0.2, 0.25) is 0 Å². The summed E-state index contributed by atoms with van der Waals surface area (Å²) >= 11 is 0. The van der Waals surface area contributed by atoms with E-state index in [1.807, 2.05) is 0 Å². The summed E-state index contributed by atoms with van der Waals surface area (Å²) in [7, 11) is 0. The van der Waals surface area contributed by atoms with Crippen LogP contribution in [0.1, 0.15) is 20.7 Å². The molecule has 0 bridgehead atoms. The van der Waals surface area contributed by atoms with Crippen LogP contribution >= 0.6 is 0 Å². The average molecular weight is 296 g/mol. The van der Waals surface area contributed by atoms with Gasteiger partial charge in [0.1, 0.15) is 12.4 Å². The molecule has 5 heteroatoms. The summed E-state index contributed by atoms with van der Waals surface area (Å²) in [5.41, 5.74) is 0.435. The average Bonchev–Trinajstić information content (AvgIpc) is 2.54. The van der Waals surface area contributed by atoms with E-state index in [9.17, 15) is 14.7 Å². The van der Waals surface area contributed by atoms with Crippen molar-refractivity contribution < 1.29 is 19.4 Å². The highest BCUT2D eigenvalue weighted by atomic mass is 16.5. The summed E-state index contributed by atoms with van der Waals surface area (Å²) in [6.07, 6.45) is 1.63. The van der Waals surface area contributed by atoms with Crippen molar-refractivity contribution in [3.8, 4) is 5.75 Å². The van der Waals surface area contributed by atoms with Gasteiger partial charge in [0, 0.05) is 16.8 Å². The third-order valence-corrected chi connectivity index (χ3v) is 2.87. The number of nitrogens with one attached hydrogen (secondary N) is 1. The van der Waals surface area contributed by atoms with Gasteiger partial charge in [0.25, 0.3) is 5.91 Å². The minimum Gasteiger partial charge on any atom is -0.545 e. The lowest BCUT2D eigenvalue weighted by Gasteiger charge is -2.11. The van der Waals surface area contributed by atoms with E-state index in [0.29, 0.717) is 18.0 Å². The second kappa shape index (κ2) is 7.08. The number of ether oxygens (including phenoxy) is 1. The van der Waals surface area contributed by atoms with E-state index in [1.54, 1.807) is 36.4 Å². The third-order valence-electron chi connectivity index (χ3n) is 2.87. The SMILES string of the molecule is C=CCOc1ccc(NC(=O)c2ccccc2C(=O)[O-])cc1. The van der Waals surface area contributed by atoms with Gasteiger partial charge in [-0.15, -0.1) is 0 Å². The number of carbonyl (C=O) groups excluding carboxylic acids is 2. The van der Waals surface area contributed by atoms with Crippen molar-refractivity contribution in [2.45, 2.75) is 0 Å². The van der Waals surface area contributed by atoms with E-state index in [1.165, 1.54) is 18.2 Å². The summed E-state index contributed by atoms with van der Waals surface area (Å²) in [6, 6.07) is 12.6. The monoisotopic (exact) mass is 296 g/mol. The molecule has 0 aliphatic heterocycles. The molecule has 0 radical (unpaired) electrons. The number of carboxylic acid groups (broad SMARTS) is 1. The highest BCUT2D eigenvalue weighted by molar-refractivity contribution is 6.10. The van der Waals surface area contributed by atoms with Gasteiger partial charge >= 0.3 is 0 Å². The smallest absolute Gasteiger partial charge is 0.256 e.